The Kier molecular flexibility index (Phi) is 4.43. The number of nitro benzene ring substituents is 1. The fraction of sp³-hybridized carbons (Fsp3) is 0.611. The summed E-state index contributed by atoms with van der Waals surface area (Å²) >= 11 is 0. The summed E-state index contributed by atoms with van der Waals surface area (Å²) in [6.07, 6.45) is -3.53. The van der Waals surface area contributed by atoms with Crippen molar-refractivity contribution >= 4 is 17.3 Å². The zero-order valence-electron chi connectivity index (χ0n) is 15.9. The number of nitro groups is 1. The lowest BCUT2D eigenvalue weighted by molar-refractivity contribution is -0.384. The normalized spacial score (nSPS) is 35.1. The lowest BCUT2D eigenvalue weighted by atomic mass is 9.98. The Morgan fingerprint density at radius 2 is 1.54 bits per heavy atom. The van der Waals surface area contributed by atoms with Gasteiger partial charge in [-0.15, -0.1) is 0 Å². The molecule has 3 aliphatic heterocycles. The molecule has 0 spiro atoms. The predicted molar refractivity (Wildman–Crippen MR) is 94.2 cm³/mol. The van der Waals surface area contributed by atoms with Crippen molar-refractivity contribution in [3.05, 3.63) is 34.4 Å². The van der Waals surface area contributed by atoms with Crippen molar-refractivity contribution in [2.75, 3.05) is 5.32 Å². The Balaban J connectivity index is 1.54. The van der Waals surface area contributed by atoms with Crippen molar-refractivity contribution in [1.29, 1.82) is 0 Å². The Morgan fingerprint density at radius 3 is 2.18 bits per heavy atom. The molecule has 1 N–H and O–H groups in total. The van der Waals surface area contributed by atoms with Crippen molar-refractivity contribution in [1.82, 2.24) is 0 Å². The van der Waals surface area contributed by atoms with Crippen molar-refractivity contribution < 1.29 is 33.4 Å². The average Bonchev–Trinajstić information content (AvgIpc) is 3.08. The minimum Gasteiger partial charge on any atom is -0.342 e. The first-order valence-corrected chi connectivity index (χ1v) is 8.97. The number of non-ortho nitro benzene ring substituents is 1. The second kappa shape index (κ2) is 6.46. The number of anilines is 1. The summed E-state index contributed by atoms with van der Waals surface area (Å²) in [5.41, 5.74) is 0.336. The van der Waals surface area contributed by atoms with Gasteiger partial charge in [-0.05, 0) is 39.8 Å². The molecule has 0 bridgehead atoms. The highest BCUT2D eigenvalue weighted by molar-refractivity contribution is 5.95. The van der Waals surface area contributed by atoms with Gasteiger partial charge in [0.05, 0.1) is 4.92 Å². The standard InChI is InChI=1S/C18H22N2O8/c1-17(2)25-11-12(26-17)14-16(28-18(3,4)27-14)24-13(11)15(21)19-9-5-7-10(8-6-9)20(22)23/h5-8,11-14,16H,1-4H3,(H,19,21)/t11-,12+,13+,14-,16+/m1/s1. The molecule has 1 amide bonds. The molecule has 10 nitrogen and oxygen atoms in total. The molecule has 1 aromatic carbocycles. The first kappa shape index (κ1) is 19.2. The largest absolute Gasteiger partial charge is 0.342 e. The number of ether oxygens (including phenoxy) is 5. The number of benzene rings is 1. The molecule has 3 fully saturated rings. The van der Waals surface area contributed by atoms with Crippen LogP contribution in [0, 0.1) is 10.1 Å². The van der Waals surface area contributed by atoms with Crippen LogP contribution >= 0.6 is 0 Å². The van der Waals surface area contributed by atoms with Crippen molar-refractivity contribution in [2.24, 2.45) is 0 Å². The van der Waals surface area contributed by atoms with Crippen LogP contribution in [0.5, 0.6) is 0 Å². The van der Waals surface area contributed by atoms with E-state index in [-0.39, 0.29) is 5.69 Å². The topological polar surface area (TPSA) is 118 Å². The van der Waals surface area contributed by atoms with Crippen LogP contribution in [0.25, 0.3) is 0 Å². The first-order chi connectivity index (χ1) is 13.0. The average molecular weight is 394 g/mol. The molecule has 5 atom stereocenters. The Labute approximate surface area is 161 Å². The first-order valence-electron chi connectivity index (χ1n) is 8.97. The van der Waals surface area contributed by atoms with E-state index in [1.807, 2.05) is 0 Å². The molecule has 1 aromatic rings. The van der Waals surface area contributed by atoms with Crippen LogP contribution in [-0.4, -0.2) is 53.1 Å². The number of hydrogen-bond acceptors (Lipinski definition) is 8. The maximum atomic E-state index is 12.9. The van der Waals surface area contributed by atoms with Gasteiger partial charge in [0, 0.05) is 17.8 Å². The monoisotopic (exact) mass is 394 g/mol. The Hall–Kier alpha value is -2.11. The molecular weight excluding hydrogens is 372 g/mol. The second-order valence-corrected chi connectivity index (χ2v) is 7.88. The molecule has 0 unspecified atom stereocenters. The quantitative estimate of drug-likeness (QED) is 0.610. The van der Waals surface area contributed by atoms with E-state index in [9.17, 15) is 14.9 Å². The fourth-order valence-electron chi connectivity index (χ4n) is 3.70. The van der Waals surface area contributed by atoms with E-state index in [2.05, 4.69) is 5.32 Å². The number of hydrogen-bond donors (Lipinski definition) is 1. The molecule has 4 rings (SSSR count). The molecule has 3 heterocycles. The molecule has 28 heavy (non-hydrogen) atoms. The van der Waals surface area contributed by atoms with Gasteiger partial charge in [-0.25, -0.2) is 0 Å². The van der Waals surface area contributed by atoms with Crippen LogP contribution in [0.4, 0.5) is 11.4 Å². The Morgan fingerprint density at radius 1 is 0.964 bits per heavy atom. The molecule has 0 radical (unpaired) electrons. The summed E-state index contributed by atoms with van der Waals surface area (Å²) < 4.78 is 29.4. The molecule has 0 aliphatic carbocycles. The smallest absolute Gasteiger partial charge is 0.269 e. The van der Waals surface area contributed by atoms with Crippen molar-refractivity contribution in [3.63, 3.8) is 0 Å². The van der Waals surface area contributed by atoms with Gasteiger partial charge in [-0.2, -0.15) is 0 Å². The van der Waals surface area contributed by atoms with E-state index < -0.39 is 53.1 Å². The van der Waals surface area contributed by atoms with Crippen LogP contribution in [0.2, 0.25) is 0 Å². The zero-order valence-corrected chi connectivity index (χ0v) is 15.9. The summed E-state index contributed by atoms with van der Waals surface area (Å²) in [4.78, 5) is 23.1. The molecule has 0 saturated carbocycles. The predicted octanol–water partition coefficient (Wildman–Crippen LogP) is 1.93. The third-order valence-electron chi connectivity index (χ3n) is 4.76. The minimum absolute atomic E-state index is 0.0668. The van der Waals surface area contributed by atoms with E-state index >= 15 is 0 Å². The minimum atomic E-state index is -0.999. The van der Waals surface area contributed by atoms with Crippen LogP contribution in [0.3, 0.4) is 0 Å². The van der Waals surface area contributed by atoms with Gasteiger partial charge in [0.2, 0.25) is 0 Å². The van der Waals surface area contributed by atoms with Gasteiger partial charge in [0.15, 0.2) is 24.0 Å². The summed E-state index contributed by atoms with van der Waals surface area (Å²) in [7, 11) is 0. The number of carbonyl (C=O) groups excluding carboxylic acids is 1. The van der Waals surface area contributed by atoms with E-state index in [0.717, 1.165) is 0 Å². The lowest BCUT2D eigenvalue weighted by Gasteiger charge is -2.36. The van der Waals surface area contributed by atoms with Crippen LogP contribution in [0.1, 0.15) is 27.7 Å². The van der Waals surface area contributed by atoms with Gasteiger partial charge in [-0.3, -0.25) is 14.9 Å². The van der Waals surface area contributed by atoms with Gasteiger partial charge in [-0.1, -0.05) is 0 Å². The summed E-state index contributed by atoms with van der Waals surface area (Å²) in [6.45, 7) is 7.03. The number of nitrogens with one attached hydrogen (secondary N) is 1. The summed E-state index contributed by atoms with van der Waals surface area (Å²) in [6, 6.07) is 5.52. The highest BCUT2D eigenvalue weighted by Gasteiger charge is 2.62. The second-order valence-electron chi connectivity index (χ2n) is 7.88. The molecule has 3 aliphatic rings. The third-order valence-corrected chi connectivity index (χ3v) is 4.76. The zero-order chi connectivity index (χ0) is 20.3. The fourth-order valence-corrected chi connectivity index (χ4v) is 3.70. The molecule has 3 saturated heterocycles. The molecule has 152 valence electrons. The highest BCUT2D eigenvalue weighted by atomic mass is 16.9. The summed E-state index contributed by atoms with van der Waals surface area (Å²) in [5.74, 6) is -2.24. The van der Waals surface area contributed by atoms with E-state index in [0.29, 0.717) is 5.69 Å². The number of rotatable bonds is 3. The molecule has 0 aromatic heterocycles. The number of carbonyl (C=O) groups is 1. The van der Waals surface area contributed by atoms with Gasteiger partial charge in [0.25, 0.3) is 11.6 Å². The van der Waals surface area contributed by atoms with E-state index in [1.54, 1.807) is 27.7 Å². The summed E-state index contributed by atoms with van der Waals surface area (Å²) in [5, 5.41) is 13.5. The maximum Gasteiger partial charge on any atom is 0.269 e. The molecular formula is C18H22N2O8. The van der Waals surface area contributed by atoms with E-state index in [4.69, 9.17) is 23.7 Å². The van der Waals surface area contributed by atoms with E-state index in [1.165, 1.54) is 24.3 Å². The van der Waals surface area contributed by atoms with Gasteiger partial charge in [0.1, 0.15) is 18.3 Å². The Bertz CT molecular complexity index is 793. The third kappa shape index (κ3) is 3.49. The number of nitrogens with zero attached hydrogens (tertiary/aromatic N) is 1. The number of fused-ring (bicyclic) bond motifs is 3. The maximum absolute atomic E-state index is 12.9. The molecule has 10 heteroatoms. The van der Waals surface area contributed by atoms with Crippen LogP contribution in [-0.2, 0) is 28.5 Å². The van der Waals surface area contributed by atoms with Crippen molar-refractivity contribution in [2.45, 2.75) is 70.0 Å². The van der Waals surface area contributed by atoms with Gasteiger partial charge >= 0.3 is 0 Å². The van der Waals surface area contributed by atoms with Crippen LogP contribution < -0.4 is 5.32 Å². The van der Waals surface area contributed by atoms with Crippen LogP contribution in [0.15, 0.2) is 24.3 Å². The lowest BCUT2D eigenvalue weighted by Crippen LogP contribution is -2.58. The highest BCUT2D eigenvalue weighted by Crippen LogP contribution is 2.44. The van der Waals surface area contributed by atoms with Gasteiger partial charge < -0.3 is 29.0 Å². The SMILES string of the molecule is CC1(C)O[C@H]2[C@@H](O1)[C@@H](C(=O)Nc1ccc([N+](=O)[O-])cc1)O[C@H]1OC(C)(C)O[C@@H]12. The number of amides is 1. The van der Waals surface area contributed by atoms with Crippen molar-refractivity contribution in [3.8, 4) is 0 Å².